The van der Waals surface area contributed by atoms with Gasteiger partial charge in [-0.05, 0) is 49.9 Å². The summed E-state index contributed by atoms with van der Waals surface area (Å²) in [6, 6.07) is 12.8. The number of nitrogens with zero attached hydrogens (tertiary/aromatic N) is 2. The lowest BCUT2D eigenvalue weighted by Crippen LogP contribution is -2.43. The Labute approximate surface area is 159 Å². The van der Waals surface area contributed by atoms with E-state index in [0.717, 1.165) is 12.8 Å². The molecule has 0 bridgehead atoms. The van der Waals surface area contributed by atoms with E-state index in [9.17, 15) is 9.59 Å². The van der Waals surface area contributed by atoms with Crippen LogP contribution in [0.1, 0.15) is 30.1 Å². The van der Waals surface area contributed by atoms with Gasteiger partial charge in [-0.3, -0.25) is 14.6 Å². The predicted octanol–water partition coefficient (Wildman–Crippen LogP) is 2.52. The van der Waals surface area contributed by atoms with Gasteiger partial charge in [-0.25, -0.2) is 0 Å². The van der Waals surface area contributed by atoms with Gasteiger partial charge in [0.2, 0.25) is 0 Å². The number of hydrogen-bond donors (Lipinski definition) is 1. The molecule has 0 unspecified atom stereocenters. The number of nitrogens with one attached hydrogen (secondary N) is 1. The molecule has 1 fully saturated rings. The number of pyridine rings is 1. The van der Waals surface area contributed by atoms with Crippen molar-refractivity contribution in [1.82, 2.24) is 15.2 Å². The molecule has 1 atom stereocenters. The molecule has 2 aromatic rings. The third-order valence-electron chi connectivity index (χ3n) is 4.82. The van der Waals surface area contributed by atoms with Crippen molar-refractivity contribution in [3.8, 4) is 5.75 Å². The van der Waals surface area contributed by atoms with Gasteiger partial charge >= 0.3 is 0 Å². The van der Waals surface area contributed by atoms with Gasteiger partial charge in [-0.15, -0.1) is 0 Å². The lowest BCUT2D eigenvalue weighted by atomic mass is 9.96. The monoisotopic (exact) mass is 367 g/mol. The number of ether oxygens (including phenoxy) is 1. The molecule has 0 saturated carbocycles. The van der Waals surface area contributed by atoms with Crippen molar-refractivity contribution in [1.29, 1.82) is 0 Å². The van der Waals surface area contributed by atoms with Crippen molar-refractivity contribution in [3.63, 3.8) is 0 Å². The number of carbonyl (C=O) groups excluding carboxylic acids is 2. The fourth-order valence-electron chi connectivity index (χ4n) is 3.16. The molecule has 27 heavy (non-hydrogen) atoms. The molecule has 1 N–H and O–H groups in total. The molecule has 2 amide bonds. The molecule has 0 spiro atoms. The summed E-state index contributed by atoms with van der Waals surface area (Å²) in [6.45, 7) is 3.77. The van der Waals surface area contributed by atoms with Gasteiger partial charge in [-0.2, -0.15) is 0 Å². The minimum Gasteiger partial charge on any atom is -0.481 e. The summed E-state index contributed by atoms with van der Waals surface area (Å²) in [7, 11) is 0. The molecule has 1 aromatic carbocycles. The first kappa shape index (κ1) is 18.9. The lowest BCUT2D eigenvalue weighted by molar-refractivity contribution is -0.127. The number of hydrogen-bond acceptors (Lipinski definition) is 4. The van der Waals surface area contributed by atoms with Crippen LogP contribution < -0.4 is 10.1 Å². The van der Waals surface area contributed by atoms with Crippen molar-refractivity contribution in [3.05, 3.63) is 60.4 Å². The maximum Gasteiger partial charge on any atom is 0.260 e. The minimum atomic E-state index is -0.541. The molecule has 142 valence electrons. The molecule has 1 aliphatic rings. The van der Waals surface area contributed by atoms with E-state index in [0.29, 0.717) is 36.9 Å². The minimum absolute atomic E-state index is 0.0461. The molecular formula is C21H25N3O3. The Balaban J connectivity index is 1.40. The van der Waals surface area contributed by atoms with E-state index in [1.165, 1.54) is 0 Å². The number of likely N-dealkylation sites (tertiary alicyclic amines) is 1. The van der Waals surface area contributed by atoms with Crippen LogP contribution in [-0.4, -0.2) is 47.4 Å². The van der Waals surface area contributed by atoms with E-state index >= 15 is 0 Å². The van der Waals surface area contributed by atoms with Gasteiger partial charge in [0, 0.05) is 37.6 Å². The number of aromatic nitrogens is 1. The standard InChI is InChI=1S/C21H25N3O3/c1-16(27-19-5-3-2-4-6-19)20(25)23-15-17-9-13-24(14-10-17)21(26)18-7-11-22-12-8-18/h2-8,11-12,16-17H,9-10,13-15H2,1H3,(H,23,25)/t16-/m0/s1. The number of carbonyl (C=O) groups is 2. The Bertz CT molecular complexity index is 744. The summed E-state index contributed by atoms with van der Waals surface area (Å²) in [5.74, 6) is 0.987. The topological polar surface area (TPSA) is 71.5 Å². The van der Waals surface area contributed by atoms with Crippen LogP contribution in [0.5, 0.6) is 5.75 Å². The highest BCUT2D eigenvalue weighted by molar-refractivity contribution is 5.94. The molecule has 1 aromatic heterocycles. The van der Waals surface area contributed by atoms with Crippen molar-refractivity contribution >= 4 is 11.8 Å². The summed E-state index contributed by atoms with van der Waals surface area (Å²) >= 11 is 0. The van der Waals surface area contributed by atoms with Crippen molar-refractivity contribution in [2.45, 2.75) is 25.9 Å². The third kappa shape index (κ3) is 5.29. The maximum atomic E-state index is 12.4. The molecule has 6 heteroatoms. The molecule has 0 radical (unpaired) electrons. The molecule has 0 aliphatic carbocycles. The van der Waals surface area contributed by atoms with E-state index in [2.05, 4.69) is 10.3 Å². The predicted molar refractivity (Wildman–Crippen MR) is 102 cm³/mol. The summed E-state index contributed by atoms with van der Waals surface area (Å²) in [4.78, 5) is 30.5. The Morgan fingerprint density at radius 1 is 1.15 bits per heavy atom. The number of piperidine rings is 1. The van der Waals surface area contributed by atoms with Crippen LogP contribution >= 0.6 is 0 Å². The van der Waals surface area contributed by atoms with Gasteiger partial charge in [0.15, 0.2) is 6.10 Å². The van der Waals surface area contributed by atoms with Crippen molar-refractivity contribution < 1.29 is 14.3 Å². The highest BCUT2D eigenvalue weighted by Gasteiger charge is 2.24. The second kappa shape index (κ2) is 9.16. The highest BCUT2D eigenvalue weighted by atomic mass is 16.5. The molecule has 1 aliphatic heterocycles. The second-order valence-electron chi connectivity index (χ2n) is 6.79. The summed E-state index contributed by atoms with van der Waals surface area (Å²) in [5.41, 5.74) is 0.670. The smallest absolute Gasteiger partial charge is 0.260 e. The summed E-state index contributed by atoms with van der Waals surface area (Å²) in [6.07, 6.45) is 4.49. The fourth-order valence-corrected chi connectivity index (χ4v) is 3.16. The molecule has 3 rings (SSSR count). The van der Waals surface area contributed by atoms with Crippen LogP contribution in [0.15, 0.2) is 54.9 Å². The van der Waals surface area contributed by atoms with Crippen LogP contribution in [0, 0.1) is 5.92 Å². The number of benzene rings is 1. The van der Waals surface area contributed by atoms with Gasteiger partial charge in [-0.1, -0.05) is 18.2 Å². The SMILES string of the molecule is C[C@H](Oc1ccccc1)C(=O)NCC1CCN(C(=O)c2ccncc2)CC1. The first-order valence-corrected chi connectivity index (χ1v) is 9.32. The number of para-hydroxylation sites is 1. The third-order valence-corrected chi connectivity index (χ3v) is 4.82. The molecule has 1 saturated heterocycles. The van der Waals surface area contributed by atoms with Gasteiger partial charge < -0.3 is 15.0 Å². The van der Waals surface area contributed by atoms with E-state index in [1.54, 1.807) is 31.5 Å². The second-order valence-corrected chi connectivity index (χ2v) is 6.79. The van der Waals surface area contributed by atoms with Crippen LogP contribution in [-0.2, 0) is 4.79 Å². The molecule has 6 nitrogen and oxygen atoms in total. The zero-order valence-electron chi connectivity index (χ0n) is 15.5. The normalized spacial score (nSPS) is 15.8. The highest BCUT2D eigenvalue weighted by Crippen LogP contribution is 2.18. The maximum absolute atomic E-state index is 12.4. The van der Waals surface area contributed by atoms with Crippen LogP contribution in [0.3, 0.4) is 0 Å². The van der Waals surface area contributed by atoms with E-state index in [1.807, 2.05) is 35.2 Å². The van der Waals surface area contributed by atoms with Crippen LogP contribution in [0.4, 0.5) is 0 Å². The number of amides is 2. The Kier molecular flexibility index (Phi) is 6.41. The Morgan fingerprint density at radius 2 is 1.81 bits per heavy atom. The average molecular weight is 367 g/mol. The van der Waals surface area contributed by atoms with E-state index < -0.39 is 6.10 Å². The average Bonchev–Trinajstić information content (AvgIpc) is 2.73. The van der Waals surface area contributed by atoms with E-state index in [4.69, 9.17) is 4.74 Å². The molecular weight excluding hydrogens is 342 g/mol. The van der Waals surface area contributed by atoms with Crippen LogP contribution in [0.2, 0.25) is 0 Å². The van der Waals surface area contributed by atoms with Gasteiger partial charge in [0.05, 0.1) is 0 Å². The lowest BCUT2D eigenvalue weighted by Gasteiger charge is -2.32. The quantitative estimate of drug-likeness (QED) is 0.852. The first-order valence-electron chi connectivity index (χ1n) is 9.32. The molecule has 2 heterocycles. The fraction of sp³-hybridized carbons (Fsp3) is 0.381. The number of rotatable bonds is 6. The zero-order valence-corrected chi connectivity index (χ0v) is 15.5. The first-order chi connectivity index (χ1) is 13.1. The van der Waals surface area contributed by atoms with Crippen molar-refractivity contribution in [2.24, 2.45) is 5.92 Å². The van der Waals surface area contributed by atoms with E-state index in [-0.39, 0.29) is 11.8 Å². The van der Waals surface area contributed by atoms with Crippen LogP contribution in [0.25, 0.3) is 0 Å². The van der Waals surface area contributed by atoms with Gasteiger partial charge in [0.25, 0.3) is 11.8 Å². The van der Waals surface area contributed by atoms with Crippen molar-refractivity contribution in [2.75, 3.05) is 19.6 Å². The Hall–Kier alpha value is -2.89. The Morgan fingerprint density at radius 3 is 2.48 bits per heavy atom. The summed E-state index contributed by atoms with van der Waals surface area (Å²) < 4.78 is 5.64. The van der Waals surface area contributed by atoms with Gasteiger partial charge in [0.1, 0.15) is 5.75 Å². The largest absolute Gasteiger partial charge is 0.481 e. The zero-order chi connectivity index (χ0) is 19.1. The summed E-state index contributed by atoms with van der Waals surface area (Å²) in [5, 5.41) is 2.97.